The van der Waals surface area contributed by atoms with Crippen molar-refractivity contribution in [3.63, 3.8) is 0 Å². The lowest BCUT2D eigenvalue weighted by molar-refractivity contribution is 0.574. The second-order valence-corrected chi connectivity index (χ2v) is 4.57. The van der Waals surface area contributed by atoms with Crippen molar-refractivity contribution in [1.29, 1.82) is 0 Å². The van der Waals surface area contributed by atoms with Crippen LogP contribution in [-0.4, -0.2) is 19.6 Å². The molecule has 19 heavy (non-hydrogen) atoms. The van der Waals surface area contributed by atoms with Gasteiger partial charge in [-0.05, 0) is 25.0 Å². The molecule has 1 N–H and O–H groups in total. The van der Waals surface area contributed by atoms with Gasteiger partial charge in [0.1, 0.15) is 0 Å². The van der Waals surface area contributed by atoms with Gasteiger partial charge in [0.2, 0.25) is 0 Å². The second-order valence-electron chi connectivity index (χ2n) is 4.57. The van der Waals surface area contributed by atoms with E-state index in [0.717, 1.165) is 31.7 Å². The van der Waals surface area contributed by atoms with E-state index >= 15 is 0 Å². The van der Waals surface area contributed by atoms with Crippen molar-refractivity contribution in [1.82, 2.24) is 24.9 Å². The van der Waals surface area contributed by atoms with E-state index in [4.69, 9.17) is 0 Å². The Balaban J connectivity index is 0.00000180. The van der Waals surface area contributed by atoms with Crippen LogP contribution < -0.4 is 5.32 Å². The standard InChI is InChI=1S/C13H21N5.ClH/c1-4-6-18-7-5-12(16-18)9-14-10-13-11(2)8-15-17(13)3;/h5,7-8,14H,4,6,9-10H2,1-3H3;1H. The first-order chi connectivity index (χ1) is 8.70. The average Bonchev–Trinajstić information content (AvgIpc) is 2.91. The van der Waals surface area contributed by atoms with Crippen LogP contribution in [0.4, 0.5) is 0 Å². The molecule has 2 rings (SSSR count). The van der Waals surface area contributed by atoms with Crippen molar-refractivity contribution >= 4 is 12.4 Å². The number of nitrogens with one attached hydrogen (secondary N) is 1. The van der Waals surface area contributed by atoms with Crippen molar-refractivity contribution in [3.8, 4) is 0 Å². The fraction of sp³-hybridized carbons (Fsp3) is 0.538. The summed E-state index contributed by atoms with van der Waals surface area (Å²) in [7, 11) is 1.97. The Kier molecular flexibility index (Phi) is 6.05. The summed E-state index contributed by atoms with van der Waals surface area (Å²) in [6.07, 6.45) is 5.05. The number of aryl methyl sites for hydroxylation is 3. The molecule has 0 atom stereocenters. The highest BCUT2D eigenvalue weighted by Gasteiger charge is 2.04. The molecule has 0 bridgehead atoms. The van der Waals surface area contributed by atoms with Gasteiger partial charge in [0.05, 0.1) is 17.6 Å². The third kappa shape index (κ3) is 4.08. The molecule has 0 amide bonds. The molecule has 2 aromatic heterocycles. The summed E-state index contributed by atoms with van der Waals surface area (Å²) < 4.78 is 3.91. The van der Waals surface area contributed by atoms with Crippen LogP contribution in [-0.2, 0) is 26.7 Å². The minimum atomic E-state index is 0. The average molecular weight is 284 g/mol. The van der Waals surface area contributed by atoms with E-state index in [-0.39, 0.29) is 12.4 Å². The fourth-order valence-electron chi connectivity index (χ4n) is 1.99. The Morgan fingerprint density at radius 1 is 1.32 bits per heavy atom. The summed E-state index contributed by atoms with van der Waals surface area (Å²) in [6.45, 7) is 6.84. The molecule has 0 aliphatic heterocycles. The maximum Gasteiger partial charge on any atom is 0.0762 e. The molecular weight excluding hydrogens is 262 g/mol. The lowest BCUT2D eigenvalue weighted by Crippen LogP contribution is -2.16. The molecule has 0 fully saturated rings. The largest absolute Gasteiger partial charge is 0.305 e. The zero-order valence-corrected chi connectivity index (χ0v) is 12.6. The number of aromatic nitrogens is 4. The molecule has 0 saturated heterocycles. The normalized spacial score (nSPS) is 10.5. The maximum atomic E-state index is 4.50. The van der Waals surface area contributed by atoms with Crippen LogP contribution in [0.15, 0.2) is 18.5 Å². The van der Waals surface area contributed by atoms with E-state index in [0.29, 0.717) is 0 Å². The molecule has 0 radical (unpaired) electrons. The molecule has 5 nitrogen and oxygen atoms in total. The predicted molar refractivity (Wildman–Crippen MR) is 78.3 cm³/mol. The molecular formula is C13H22ClN5. The third-order valence-corrected chi connectivity index (χ3v) is 3.02. The smallest absolute Gasteiger partial charge is 0.0762 e. The highest BCUT2D eigenvalue weighted by atomic mass is 35.5. The molecule has 2 heterocycles. The van der Waals surface area contributed by atoms with Crippen LogP contribution in [0.25, 0.3) is 0 Å². The van der Waals surface area contributed by atoms with E-state index in [2.05, 4.69) is 35.4 Å². The lowest BCUT2D eigenvalue weighted by atomic mass is 10.2. The fourth-order valence-corrected chi connectivity index (χ4v) is 1.99. The number of nitrogens with zero attached hydrogens (tertiary/aromatic N) is 4. The van der Waals surface area contributed by atoms with Gasteiger partial charge in [-0.1, -0.05) is 6.92 Å². The maximum absolute atomic E-state index is 4.50. The van der Waals surface area contributed by atoms with E-state index in [1.165, 1.54) is 11.3 Å². The van der Waals surface area contributed by atoms with Gasteiger partial charge in [-0.15, -0.1) is 12.4 Å². The van der Waals surface area contributed by atoms with Crippen molar-refractivity contribution < 1.29 is 0 Å². The zero-order valence-electron chi connectivity index (χ0n) is 11.8. The SMILES string of the molecule is CCCn1ccc(CNCc2c(C)cnn2C)n1.Cl. The van der Waals surface area contributed by atoms with Gasteiger partial charge >= 0.3 is 0 Å². The first-order valence-electron chi connectivity index (χ1n) is 6.41. The van der Waals surface area contributed by atoms with E-state index in [1.54, 1.807) is 0 Å². The summed E-state index contributed by atoms with van der Waals surface area (Å²) in [5.74, 6) is 0. The van der Waals surface area contributed by atoms with Gasteiger partial charge in [-0.25, -0.2) is 0 Å². The molecule has 0 aromatic carbocycles. The zero-order chi connectivity index (χ0) is 13.0. The molecule has 0 unspecified atom stereocenters. The highest BCUT2D eigenvalue weighted by molar-refractivity contribution is 5.85. The summed E-state index contributed by atoms with van der Waals surface area (Å²) in [5.41, 5.74) is 3.53. The molecule has 0 aliphatic carbocycles. The summed E-state index contributed by atoms with van der Waals surface area (Å²) in [5, 5.41) is 12.1. The molecule has 0 spiro atoms. The molecule has 2 aromatic rings. The topological polar surface area (TPSA) is 47.7 Å². The van der Waals surface area contributed by atoms with Gasteiger partial charge in [0.25, 0.3) is 0 Å². The van der Waals surface area contributed by atoms with Crippen molar-refractivity contribution in [2.75, 3.05) is 0 Å². The lowest BCUT2D eigenvalue weighted by Gasteiger charge is -2.05. The third-order valence-electron chi connectivity index (χ3n) is 3.02. The van der Waals surface area contributed by atoms with Gasteiger partial charge in [-0.2, -0.15) is 10.2 Å². The van der Waals surface area contributed by atoms with E-state index < -0.39 is 0 Å². The summed E-state index contributed by atoms with van der Waals surface area (Å²) in [6, 6.07) is 2.07. The van der Waals surface area contributed by atoms with Crippen LogP contribution in [0.1, 0.15) is 30.3 Å². The Morgan fingerprint density at radius 2 is 2.11 bits per heavy atom. The second kappa shape index (κ2) is 7.31. The van der Waals surface area contributed by atoms with Gasteiger partial charge < -0.3 is 5.32 Å². The molecule has 0 aliphatic rings. The number of halogens is 1. The van der Waals surface area contributed by atoms with E-state index in [9.17, 15) is 0 Å². The van der Waals surface area contributed by atoms with Crippen LogP contribution in [0, 0.1) is 6.92 Å². The summed E-state index contributed by atoms with van der Waals surface area (Å²) >= 11 is 0. The number of hydrogen-bond acceptors (Lipinski definition) is 3. The number of rotatable bonds is 6. The summed E-state index contributed by atoms with van der Waals surface area (Å²) in [4.78, 5) is 0. The molecule has 0 saturated carbocycles. The monoisotopic (exact) mass is 283 g/mol. The van der Waals surface area contributed by atoms with Gasteiger partial charge in [-0.3, -0.25) is 9.36 Å². The van der Waals surface area contributed by atoms with Crippen LogP contribution in [0.5, 0.6) is 0 Å². The minimum absolute atomic E-state index is 0. The van der Waals surface area contributed by atoms with Crippen LogP contribution >= 0.6 is 12.4 Å². The molecule has 6 heteroatoms. The Hall–Kier alpha value is -1.33. The van der Waals surface area contributed by atoms with Gasteiger partial charge in [0, 0.05) is 32.9 Å². The first-order valence-corrected chi connectivity index (χ1v) is 6.41. The Labute approximate surface area is 120 Å². The number of hydrogen-bond donors (Lipinski definition) is 1. The highest BCUT2D eigenvalue weighted by Crippen LogP contribution is 2.05. The quantitative estimate of drug-likeness (QED) is 0.883. The van der Waals surface area contributed by atoms with Crippen molar-refractivity contribution in [3.05, 3.63) is 35.4 Å². The van der Waals surface area contributed by atoms with Crippen molar-refractivity contribution in [2.45, 2.75) is 39.9 Å². The Bertz CT molecular complexity index is 483. The van der Waals surface area contributed by atoms with Crippen molar-refractivity contribution in [2.24, 2.45) is 7.05 Å². The van der Waals surface area contributed by atoms with Crippen LogP contribution in [0.2, 0.25) is 0 Å². The Morgan fingerprint density at radius 3 is 2.74 bits per heavy atom. The molecule has 106 valence electrons. The van der Waals surface area contributed by atoms with E-state index in [1.807, 2.05) is 28.8 Å². The van der Waals surface area contributed by atoms with Crippen LogP contribution in [0.3, 0.4) is 0 Å². The first kappa shape index (κ1) is 15.7. The van der Waals surface area contributed by atoms with Gasteiger partial charge in [0.15, 0.2) is 0 Å². The predicted octanol–water partition coefficient (Wildman–Crippen LogP) is 2.05. The minimum Gasteiger partial charge on any atom is -0.305 e.